The van der Waals surface area contributed by atoms with Gasteiger partial charge in [-0.2, -0.15) is 0 Å². The number of nitrogens with zero attached hydrogens (tertiary/aromatic N) is 1. The molecule has 0 spiro atoms. The molecule has 0 aliphatic carbocycles. The molecule has 0 saturated heterocycles. The van der Waals surface area contributed by atoms with Crippen LogP contribution in [0.25, 0.3) is 0 Å². The predicted octanol–water partition coefficient (Wildman–Crippen LogP) is 4.62. The summed E-state index contributed by atoms with van der Waals surface area (Å²) >= 11 is 1.40. The molecule has 0 saturated carbocycles. The second-order valence-corrected chi connectivity index (χ2v) is 7.43. The number of para-hydroxylation sites is 2. The first-order chi connectivity index (χ1) is 11.3. The van der Waals surface area contributed by atoms with Crippen molar-refractivity contribution >= 4 is 29.0 Å². The Hall–Kier alpha value is -2.34. The minimum atomic E-state index is -0.506. The van der Waals surface area contributed by atoms with Gasteiger partial charge in [-0.25, -0.2) is 0 Å². The molecule has 6 heteroatoms. The van der Waals surface area contributed by atoms with E-state index in [2.05, 4.69) is 38.2 Å². The minimum absolute atomic E-state index is 0.0901. The van der Waals surface area contributed by atoms with Crippen molar-refractivity contribution in [3.8, 4) is 0 Å². The molecule has 0 aromatic heterocycles. The van der Waals surface area contributed by atoms with Gasteiger partial charge in [0.25, 0.3) is 5.69 Å². The quantitative estimate of drug-likeness (QED) is 0.488. The second kappa shape index (κ2) is 7.49. The van der Waals surface area contributed by atoms with E-state index in [-0.39, 0.29) is 28.4 Å². The summed E-state index contributed by atoms with van der Waals surface area (Å²) in [6.45, 7) is 6.44. The van der Waals surface area contributed by atoms with Crippen LogP contribution in [0.2, 0.25) is 0 Å². The number of nitrogens with one attached hydrogen (secondary N) is 1. The van der Waals surface area contributed by atoms with Crippen LogP contribution in [0.3, 0.4) is 0 Å². The fraction of sp³-hybridized carbons (Fsp3) is 0.278. The van der Waals surface area contributed by atoms with Gasteiger partial charge in [-0.15, -0.1) is 11.8 Å². The summed E-state index contributed by atoms with van der Waals surface area (Å²) < 4.78 is 0. The molecule has 0 atom stereocenters. The molecule has 0 aliphatic heterocycles. The Balaban J connectivity index is 1.96. The highest BCUT2D eigenvalue weighted by Gasteiger charge is 2.15. The van der Waals surface area contributed by atoms with Crippen molar-refractivity contribution in [3.05, 3.63) is 64.2 Å². The van der Waals surface area contributed by atoms with Crippen molar-refractivity contribution in [2.75, 3.05) is 11.1 Å². The molecule has 2 aromatic carbocycles. The molecule has 0 bridgehead atoms. The fourth-order valence-electron chi connectivity index (χ4n) is 2.12. The second-order valence-electron chi connectivity index (χ2n) is 6.39. The maximum absolute atomic E-state index is 12.0. The number of carbonyl (C=O) groups excluding carboxylic acids is 1. The molecule has 126 valence electrons. The van der Waals surface area contributed by atoms with Crippen LogP contribution in [0.4, 0.5) is 11.4 Å². The van der Waals surface area contributed by atoms with E-state index in [1.54, 1.807) is 12.1 Å². The number of amides is 1. The number of hydrogen-bond acceptors (Lipinski definition) is 4. The highest BCUT2D eigenvalue weighted by Crippen LogP contribution is 2.26. The maximum Gasteiger partial charge on any atom is 0.292 e. The zero-order valence-electron chi connectivity index (χ0n) is 13.9. The third-order valence-electron chi connectivity index (χ3n) is 3.47. The Bertz CT molecular complexity index is 737. The van der Waals surface area contributed by atoms with Crippen LogP contribution in [-0.2, 0) is 10.2 Å². The molecular formula is C18H20N2O3S. The predicted molar refractivity (Wildman–Crippen MR) is 97.6 cm³/mol. The Kier molecular flexibility index (Phi) is 5.62. The van der Waals surface area contributed by atoms with Crippen LogP contribution in [0.5, 0.6) is 0 Å². The van der Waals surface area contributed by atoms with E-state index in [4.69, 9.17) is 0 Å². The largest absolute Gasteiger partial charge is 0.320 e. The molecule has 1 N–H and O–H groups in total. The normalized spacial score (nSPS) is 11.1. The van der Waals surface area contributed by atoms with Crippen LogP contribution in [0.1, 0.15) is 26.3 Å². The Morgan fingerprint density at radius 2 is 1.75 bits per heavy atom. The highest BCUT2D eigenvalue weighted by molar-refractivity contribution is 8.00. The first kappa shape index (κ1) is 18.0. The summed E-state index contributed by atoms with van der Waals surface area (Å²) in [6, 6.07) is 14.2. The van der Waals surface area contributed by atoms with Gasteiger partial charge in [0.05, 0.1) is 10.7 Å². The lowest BCUT2D eigenvalue weighted by Crippen LogP contribution is -2.15. The van der Waals surface area contributed by atoms with E-state index >= 15 is 0 Å². The zero-order valence-corrected chi connectivity index (χ0v) is 14.7. The number of carbonyl (C=O) groups is 1. The molecule has 5 nitrogen and oxygen atoms in total. The number of benzene rings is 2. The smallest absolute Gasteiger partial charge is 0.292 e. The van der Waals surface area contributed by atoms with Gasteiger partial charge < -0.3 is 5.32 Å². The van der Waals surface area contributed by atoms with Gasteiger partial charge in [-0.05, 0) is 29.2 Å². The summed E-state index contributed by atoms with van der Waals surface area (Å²) in [5, 5.41) is 13.5. The number of nitro benzene ring substituents is 1. The Labute approximate surface area is 145 Å². The summed E-state index contributed by atoms with van der Waals surface area (Å²) in [5.41, 5.74) is 1.44. The topological polar surface area (TPSA) is 72.2 Å². The maximum atomic E-state index is 12.0. The van der Waals surface area contributed by atoms with Crippen molar-refractivity contribution in [1.29, 1.82) is 0 Å². The average molecular weight is 344 g/mol. The highest BCUT2D eigenvalue weighted by atomic mass is 32.2. The van der Waals surface area contributed by atoms with Gasteiger partial charge >= 0.3 is 0 Å². The molecule has 2 rings (SSSR count). The summed E-state index contributed by atoms with van der Waals surface area (Å²) in [4.78, 5) is 23.5. The molecular weight excluding hydrogens is 324 g/mol. The molecule has 0 radical (unpaired) electrons. The van der Waals surface area contributed by atoms with Crippen LogP contribution in [0.15, 0.2) is 53.4 Å². The van der Waals surface area contributed by atoms with Gasteiger partial charge in [-0.1, -0.05) is 45.0 Å². The third-order valence-corrected chi connectivity index (χ3v) is 4.48. The first-order valence-electron chi connectivity index (χ1n) is 7.54. The lowest BCUT2D eigenvalue weighted by Gasteiger charge is -2.19. The van der Waals surface area contributed by atoms with E-state index < -0.39 is 4.92 Å². The standard InChI is InChI=1S/C18H20N2O3S/c1-18(2,3)13-8-10-14(11-9-13)24-12-17(21)19-15-6-4-5-7-16(15)20(22)23/h4-11H,12H2,1-3H3,(H,19,21). The van der Waals surface area contributed by atoms with E-state index in [0.29, 0.717) is 0 Å². The average Bonchev–Trinajstić information content (AvgIpc) is 2.53. The molecule has 24 heavy (non-hydrogen) atoms. The first-order valence-corrected chi connectivity index (χ1v) is 8.52. The lowest BCUT2D eigenvalue weighted by atomic mass is 9.87. The van der Waals surface area contributed by atoms with Gasteiger partial charge in [0, 0.05) is 11.0 Å². The van der Waals surface area contributed by atoms with Crippen molar-refractivity contribution in [2.45, 2.75) is 31.1 Å². The van der Waals surface area contributed by atoms with Crippen LogP contribution in [-0.4, -0.2) is 16.6 Å². The van der Waals surface area contributed by atoms with Crippen LogP contribution < -0.4 is 5.32 Å². The van der Waals surface area contributed by atoms with Crippen molar-refractivity contribution < 1.29 is 9.72 Å². The van der Waals surface area contributed by atoms with Crippen LogP contribution in [0, 0.1) is 10.1 Å². The van der Waals surface area contributed by atoms with Gasteiger partial charge in [0.15, 0.2) is 0 Å². The summed E-state index contributed by atoms with van der Waals surface area (Å²) in [5.74, 6) is -0.0739. The van der Waals surface area contributed by atoms with Crippen molar-refractivity contribution in [1.82, 2.24) is 0 Å². The van der Waals surface area contributed by atoms with E-state index in [0.717, 1.165) is 4.90 Å². The van der Waals surface area contributed by atoms with E-state index in [9.17, 15) is 14.9 Å². The van der Waals surface area contributed by atoms with Gasteiger partial charge in [0.2, 0.25) is 5.91 Å². The molecule has 0 unspecified atom stereocenters. The Morgan fingerprint density at radius 1 is 1.12 bits per heavy atom. The number of anilines is 1. The summed E-state index contributed by atoms with van der Waals surface area (Å²) in [7, 11) is 0. The van der Waals surface area contributed by atoms with E-state index in [1.807, 2.05) is 12.1 Å². The van der Waals surface area contributed by atoms with Crippen molar-refractivity contribution in [2.24, 2.45) is 0 Å². The zero-order chi connectivity index (χ0) is 17.7. The van der Waals surface area contributed by atoms with Gasteiger partial charge in [-0.3, -0.25) is 14.9 Å². The molecule has 1 amide bonds. The fourth-order valence-corrected chi connectivity index (χ4v) is 2.82. The van der Waals surface area contributed by atoms with Crippen LogP contribution >= 0.6 is 11.8 Å². The molecule has 0 heterocycles. The molecule has 2 aromatic rings. The third kappa shape index (κ3) is 4.83. The number of rotatable bonds is 5. The number of hydrogen-bond donors (Lipinski definition) is 1. The number of nitro groups is 1. The SMILES string of the molecule is CC(C)(C)c1ccc(SCC(=O)Nc2ccccc2[N+](=O)[O-])cc1. The van der Waals surface area contributed by atoms with Crippen molar-refractivity contribution in [3.63, 3.8) is 0 Å². The van der Waals surface area contributed by atoms with Gasteiger partial charge in [0.1, 0.15) is 5.69 Å². The summed E-state index contributed by atoms with van der Waals surface area (Å²) in [6.07, 6.45) is 0. The Morgan fingerprint density at radius 3 is 2.33 bits per heavy atom. The minimum Gasteiger partial charge on any atom is -0.320 e. The van der Waals surface area contributed by atoms with E-state index in [1.165, 1.54) is 29.5 Å². The molecule has 0 aliphatic rings. The lowest BCUT2D eigenvalue weighted by molar-refractivity contribution is -0.383. The molecule has 0 fully saturated rings. The monoisotopic (exact) mass is 344 g/mol. The number of thioether (sulfide) groups is 1.